The zero-order valence-electron chi connectivity index (χ0n) is 13.0. The van der Waals surface area contributed by atoms with E-state index >= 15 is 0 Å². The van der Waals surface area contributed by atoms with Gasteiger partial charge in [-0.3, -0.25) is 0 Å². The molecule has 4 nitrogen and oxygen atoms in total. The van der Waals surface area contributed by atoms with Crippen molar-refractivity contribution in [2.24, 2.45) is 0 Å². The first kappa shape index (κ1) is 15.4. The van der Waals surface area contributed by atoms with Crippen LogP contribution in [0.2, 0.25) is 0 Å². The minimum atomic E-state index is -0.252. The molecule has 1 aliphatic heterocycles. The third-order valence-corrected chi connectivity index (χ3v) is 4.25. The Morgan fingerprint density at radius 1 is 1.13 bits per heavy atom. The van der Waals surface area contributed by atoms with E-state index in [4.69, 9.17) is 4.74 Å². The Hall–Kier alpha value is -2.49. The van der Waals surface area contributed by atoms with Gasteiger partial charge in [-0.25, -0.2) is 4.79 Å². The molecular weight excluding hydrogens is 290 g/mol. The van der Waals surface area contributed by atoms with E-state index in [1.807, 2.05) is 42.5 Å². The number of hydrogen-bond acceptors (Lipinski definition) is 3. The fraction of sp³-hybridized carbons (Fsp3) is 0.316. The molecule has 1 fully saturated rings. The average molecular weight is 311 g/mol. The summed E-state index contributed by atoms with van der Waals surface area (Å²) in [7, 11) is 0. The maximum absolute atomic E-state index is 12.3. The quantitative estimate of drug-likeness (QED) is 0.935. The van der Waals surface area contributed by atoms with Crippen molar-refractivity contribution in [3.8, 4) is 5.75 Å². The molecular formula is C19H21NO3. The second kappa shape index (κ2) is 7.18. The van der Waals surface area contributed by atoms with Crippen LogP contribution in [0.4, 0.5) is 4.79 Å². The Kier molecular flexibility index (Phi) is 4.81. The van der Waals surface area contributed by atoms with E-state index in [-0.39, 0.29) is 11.8 Å². The third kappa shape index (κ3) is 4.03. The lowest BCUT2D eigenvalue weighted by atomic mass is 9.91. The number of phenols is 1. The molecule has 1 atom stereocenters. The van der Waals surface area contributed by atoms with Crippen molar-refractivity contribution in [1.29, 1.82) is 0 Å². The average Bonchev–Trinajstić information content (AvgIpc) is 2.61. The second-order valence-electron chi connectivity index (χ2n) is 5.92. The van der Waals surface area contributed by atoms with E-state index in [1.165, 1.54) is 0 Å². The molecule has 0 spiro atoms. The molecule has 3 rings (SSSR count). The first-order chi connectivity index (χ1) is 11.2. The largest absolute Gasteiger partial charge is 0.508 e. The number of phenolic OH excluding ortho intramolecular Hbond substituents is 1. The standard InChI is InChI=1S/C19H21NO3/c21-18-10-8-16(9-11-18)17-7-4-12-20(13-17)19(22)23-14-15-5-2-1-3-6-15/h1-3,5-6,8-11,17,21H,4,7,12-14H2. The lowest BCUT2D eigenvalue weighted by Crippen LogP contribution is -2.39. The number of ether oxygens (including phenoxy) is 1. The molecule has 1 unspecified atom stereocenters. The fourth-order valence-electron chi connectivity index (χ4n) is 2.97. The molecule has 0 aromatic heterocycles. The number of amides is 1. The summed E-state index contributed by atoms with van der Waals surface area (Å²) in [4.78, 5) is 14.0. The Balaban J connectivity index is 1.57. The van der Waals surface area contributed by atoms with Crippen LogP contribution >= 0.6 is 0 Å². The summed E-state index contributed by atoms with van der Waals surface area (Å²) in [6.45, 7) is 1.71. The van der Waals surface area contributed by atoms with Crippen LogP contribution in [0.3, 0.4) is 0 Å². The van der Waals surface area contributed by atoms with Crippen molar-refractivity contribution >= 4 is 6.09 Å². The van der Waals surface area contributed by atoms with Gasteiger partial charge in [-0.15, -0.1) is 0 Å². The van der Waals surface area contributed by atoms with E-state index in [0.29, 0.717) is 19.1 Å². The number of aromatic hydroxyl groups is 1. The number of likely N-dealkylation sites (tertiary alicyclic amines) is 1. The van der Waals surface area contributed by atoms with Crippen molar-refractivity contribution in [3.63, 3.8) is 0 Å². The first-order valence-corrected chi connectivity index (χ1v) is 7.97. The summed E-state index contributed by atoms with van der Waals surface area (Å²) in [6.07, 6.45) is 1.76. The fourth-order valence-corrected chi connectivity index (χ4v) is 2.97. The van der Waals surface area contributed by atoms with Gasteiger partial charge in [-0.1, -0.05) is 42.5 Å². The zero-order chi connectivity index (χ0) is 16.1. The first-order valence-electron chi connectivity index (χ1n) is 7.97. The Morgan fingerprint density at radius 2 is 1.87 bits per heavy atom. The number of hydrogen-bond donors (Lipinski definition) is 1. The van der Waals surface area contributed by atoms with Crippen molar-refractivity contribution in [1.82, 2.24) is 4.90 Å². The van der Waals surface area contributed by atoms with Crippen LogP contribution in [0, 0.1) is 0 Å². The van der Waals surface area contributed by atoms with Gasteiger partial charge < -0.3 is 14.7 Å². The van der Waals surface area contributed by atoms with E-state index < -0.39 is 0 Å². The maximum atomic E-state index is 12.3. The van der Waals surface area contributed by atoms with Crippen LogP contribution in [0.5, 0.6) is 5.75 Å². The molecule has 1 saturated heterocycles. The highest BCUT2D eigenvalue weighted by molar-refractivity contribution is 5.68. The van der Waals surface area contributed by atoms with Crippen LogP contribution in [0.1, 0.15) is 29.9 Å². The van der Waals surface area contributed by atoms with Gasteiger partial charge in [0.05, 0.1) is 0 Å². The molecule has 0 bridgehead atoms. The molecule has 2 aromatic carbocycles. The van der Waals surface area contributed by atoms with Gasteiger partial charge in [0.25, 0.3) is 0 Å². The molecule has 0 saturated carbocycles. The molecule has 0 aliphatic carbocycles. The second-order valence-corrected chi connectivity index (χ2v) is 5.92. The third-order valence-electron chi connectivity index (χ3n) is 4.25. The van der Waals surface area contributed by atoms with Gasteiger partial charge >= 0.3 is 6.09 Å². The number of carbonyl (C=O) groups excluding carboxylic acids is 1. The van der Waals surface area contributed by atoms with Crippen molar-refractivity contribution in [2.45, 2.75) is 25.4 Å². The van der Waals surface area contributed by atoms with E-state index in [2.05, 4.69) is 0 Å². The number of piperidine rings is 1. The van der Waals surface area contributed by atoms with Gasteiger partial charge in [0.15, 0.2) is 0 Å². The summed E-state index contributed by atoms with van der Waals surface area (Å²) in [5, 5.41) is 9.39. The maximum Gasteiger partial charge on any atom is 0.410 e. The number of nitrogens with zero attached hydrogens (tertiary/aromatic N) is 1. The number of rotatable bonds is 3. The number of benzene rings is 2. The van der Waals surface area contributed by atoms with E-state index in [9.17, 15) is 9.90 Å². The molecule has 23 heavy (non-hydrogen) atoms. The van der Waals surface area contributed by atoms with Crippen molar-refractivity contribution in [2.75, 3.05) is 13.1 Å². The Labute approximate surface area is 136 Å². The summed E-state index contributed by atoms with van der Waals surface area (Å²) >= 11 is 0. The molecule has 1 N–H and O–H groups in total. The minimum absolute atomic E-state index is 0.252. The highest BCUT2D eigenvalue weighted by Crippen LogP contribution is 2.28. The lowest BCUT2D eigenvalue weighted by molar-refractivity contribution is 0.0858. The SMILES string of the molecule is O=C(OCc1ccccc1)N1CCCC(c2ccc(O)cc2)C1. The zero-order valence-corrected chi connectivity index (χ0v) is 13.0. The Bertz CT molecular complexity index is 639. The molecule has 1 heterocycles. The predicted molar refractivity (Wildman–Crippen MR) is 88.3 cm³/mol. The van der Waals surface area contributed by atoms with Crippen LogP contribution in [-0.4, -0.2) is 29.2 Å². The smallest absolute Gasteiger partial charge is 0.410 e. The van der Waals surface area contributed by atoms with Crippen LogP contribution in [-0.2, 0) is 11.3 Å². The molecule has 4 heteroatoms. The van der Waals surface area contributed by atoms with Gasteiger partial charge in [-0.05, 0) is 36.1 Å². The van der Waals surface area contributed by atoms with Gasteiger partial charge in [0.2, 0.25) is 0 Å². The predicted octanol–water partition coefficient (Wildman–Crippen LogP) is 3.91. The minimum Gasteiger partial charge on any atom is -0.508 e. The molecule has 1 aliphatic rings. The summed E-state index contributed by atoms with van der Waals surface area (Å²) in [5.74, 6) is 0.567. The van der Waals surface area contributed by atoms with E-state index in [0.717, 1.165) is 30.5 Å². The summed E-state index contributed by atoms with van der Waals surface area (Å²) < 4.78 is 5.42. The molecule has 1 amide bonds. The van der Waals surface area contributed by atoms with Gasteiger partial charge in [0, 0.05) is 19.0 Å². The lowest BCUT2D eigenvalue weighted by Gasteiger charge is -2.32. The van der Waals surface area contributed by atoms with Crippen molar-refractivity contribution in [3.05, 3.63) is 65.7 Å². The van der Waals surface area contributed by atoms with Crippen LogP contribution in [0.25, 0.3) is 0 Å². The summed E-state index contributed by atoms with van der Waals surface area (Å²) in [6, 6.07) is 17.0. The van der Waals surface area contributed by atoms with Gasteiger partial charge in [0.1, 0.15) is 12.4 Å². The van der Waals surface area contributed by atoms with E-state index in [1.54, 1.807) is 17.0 Å². The van der Waals surface area contributed by atoms with Crippen molar-refractivity contribution < 1.29 is 14.6 Å². The van der Waals surface area contributed by atoms with Gasteiger partial charge in [-0.2, -0.15) is 0 Å². The van der Waals surface area contributed by atoms with Crippen LogP contribution < -0.4 is 0 Å². The topological polar surface area (TPSA) is 49.8 Å². The molecule has 2 aromatic rings. The Morgan fingerprint density at radius 3 is 2.61 bits per heavy atom. The molecule has 120 valence electrons. The monoisotopic (exact) mass is 311 g/mol. The highest BCUT2D eigenvalue weighted by atomic mass is 16.6. The van der Waals surface area contributed by atoms with Crippen LogP contribution in [0.15, 0.2) is 54.6 Å². The summed E-state index contributed by atoms with van der Waals surface area (Å²) in [5.41, 5.74) is 2.15. The molecule has 0 radical (unpaired) electrons. The normalized spacial score (nSPS) is 17.7. The number of carbonyl (C=O) groups is 1. The highest BCUT2D eigenvalue weighted by Gasteiger charge is 2.25.